The van der Waals surface area contributed by atoms with E-state index in [9.17, 15) is 4.79 Å². The molecule has 19 heavy (non-hydrogen) atoms. The molecule has 3 nitrogen and oxygen atoms in total. The Morgan fingerprint density at radius 3 is 2.68 bits per heavy atom. The first kappa shape index (κ1) is 11.9. The smallest absolute Gasteiger partial charge is 0.267 e. The van der Waals surface area contributed by atoms with Crippen LogP contribution in [0.3, 0.4) is 0 Å². The monoisotopic (exact) mass is 268 g/mol. The first-order valence-corrected chi connectivity index (χ1v) is 6.78. The summed E-state index contributed by atoms with van der Waals surface area (Å²) in [6, 6.07) is 13.5. The Labute approximate surface area is 114 Å². The van der Waals surface area contributed by atoms with Crippen molar-refractivity contribution in [2.75, 3.05) is 5.32 Å². The van der Waals surface area contributed by atoms with Gasteiger partial charge in [-0.05, 0) is 36.1 Å². The van der Waals surface area contributed by atoms with Crippen molar-refractivity contribution in [1.82, 2.24) is 4.98 Å². The molecule has 0 aliphatic rings. The molecule has 3 rings (SSSR count). The molecule has 0 radical (unpaired) electrons. The summed E-state index contributed by atoms with van der Waals surface area (Å²) in [5.74, 6) is 0.474. The summed E-state index contributed by atoms with van der Waals surface area (Å²) in [6.45, 7) is 1.98. The van der Waals surface area contributed by atoms with Crippen LogP contribution in [0, 0.1) is 6.92 Å². The van der Waals surface area contributed by atoms with Gasteiger partial charge in [-0.25, -0.2) is 4.98 Å². The molecule has 0 saturated heterocycles. The number of aryl methyl sites for hydroxylation is 1. The van der Waals surface area contributed by atoms with Crippen LogP contribution in [0.2, 0.25) is 0 Å². The average Bonchev–Trinajstić information content (AvgIpc) is 2.78. The van der Waals surface area contributed by atoms with E-state index in [1.165, 1.54) is 11.3 Å². The summed E-state index contributed by atoms with van der Waals surface area (Å²) >= 11 is 1.51. The molecular weight excluding hydrogens is 256 g/mol. The third kappa shape index (κ3) is 2.22. The number of rotatable bonds is 2. The van der Waals surface area contributed by atoms with Crippen molar-refractivity contribution in [3.05, 3.63) is 59.1 Å². The van der Waals surface area contributed by atoms with Gasteiger partial charge in [-0.3, -0.25) is 4.79 Å². The Hall–Kier alpha value is -2.20. The highest BCUT2D eigenvalue weighted by Crippen LogP contribution is 2.30. The summed E-state index contributed by atoms with van der Waals surface area (Å²) in [4.78, 5) is 17.1. The topological polar surface area (TPSA) is 42.0 Å². The molecule has 3 aromatic rings. The van der Waals surface area contributed by atoms with E-state index in [0.29, 0.717) is 5.82 Å². The lowest BCUT2D eigenvalue weighted by molar-refractivity contribution is 0.102. The fourth-order valence-electron chi connectivity index (χ4n) is 2.00. The molecule has 94 valence electrons. The van der Waals surface area contributed by atoms with Gasteiger partial charge in [-0.15, -0.1) is 11.3 Å². The van der Waals surface area contributed by atoms with Crippen molar-refractivity contribution in [2.24, 2.45) is 0 Å². The van der Waals surface area contributed by atoms with Gasteiger partial charge in [-0.2, -0.15) is 0 Å². The van der Waals surface area contributed by atoms with Crippen molar-refractivity contribution in [3.63, 3.8) is 0 Å². The Balaban J connectivity index is 1.96. The molecule has 4 heteroatoms. The maximum atomic E-state index is 12.3. The summed E-state index contributed by atoms with van der Waals surface area (Å²) < 4.78 is 1.13. The lowest BCUT2D eigenvalue weighted by Crippen LogP contribution is -2.12. The average molecular weight is 268 g/mol. The van der Waals surface area contributed by atoms with E-state index in [-0.39, 0.29) is 5.91 Å². The molecule has 1 amide bonds. The predicted octanol–water partition coefficient (Wildman–Crippen LogP) is 3.86. The van der Waals surface area contributed by atoms with E-state index >= 15 is 0 Å². The van der Waals surface area contributed by atoms with Gasteiger partial charge < -0.3 is 5.32 Å². The van der Waals surface area contributed by atoms with Crippen molar-refractivity contribution in [1.29, 1.82) is 0 Å². The second kappa shape index (κ2) is 4.82. The second-order valence-corrected chi connectivity index (χ2v) is 5.27. The summed E-state index contributed by atoms with van der Waals surface area (Å²) in [7, 11) is 0. The molecule has 0 bridgehead atoms. The number of hydrogen-bond donors (Lipinski definition) is 1. The zero-order valence-corrected chi connectivity index (χ0v) is 11.2. The maximum absolute atomic E-state index is 12.3. The number of benzene rings is 1. The molecule has 0 atom stereocenters. The van der Waals surface area contributed by atoms with Gasteiger partial charge in [0, 0.05) is 10.9 Å². The molecule has 0 spiro atoms. The Kier molecular flexibility index (Phi) is 3.01. The third-order valence-electron chi connectivity index (χ3n) is 2.96. The van der Waals surface area contributed by atoms with Crippen LogP contribution in [-0.4, -0.2) is 10.9 Å². The van der Waals surface area contributed by atoms with Crippen LogP contribution in [-0.2, 0) is 0 Å². The standard InChI is InChI=1S/C15H12N2OS/c1-10-11-6-2-3-7-12(11)19-14(10)15(18)17-13-8-4-5-9-16-13/h2-9H,1H3,(H,16,17,18). The van der Waals surface area contributed by atoms with E-state index in [4.69, 9.17) is 0 Å². The molecule has 1 aromatic carbocycles. The van der Waals surface area contributed by atoms with E-state index < -0.39 is 0 Å². The third-order valence-corrected chi connectivity index (χ3v) is 4.23. The van der Waals surface area contributed by atoms with Crippen LogP contribution in [0.5, 0.6) is 0 Å². The fourth-order valence-corrected chi connectivity index (χ4v) is 3.11. The minimum atomic E-state index is -0.0996. The SMILES string of the molecule is Cc1c(C(=O)Nc2ccccn2)sc2ccccc12. The van der Waals surface area contributed by atoms with Crippen LogP contribution >= 0.6 is 11.3 Å². The van der Waals surface area contributed by atoms with E-state index in [2.05, 4.69) is 10.3 Å². The normalized spacial score (nSPS) is 10.6. The van der Waals surface area contributed by atoms with E-state index in [1.54, 1.807) is 12.3 Å². The number of aromatic nitrogens is 1. The lowest BCUT2D eigenvalue weighted by Gasteiger charge is -2.02. The van der Waals surface area contributed by atoms with Gasteiger partial charge >= 0.3 is 0 Å². The van der Waals surface area contributed by atoms with Gasteiger partial charge in [0.15, 0.2) is 0 Å². The zero-order chi connectivity index (χ0) is 13.2. The molecule has 0 fully saturated rings. The number of carbonyl (C=O) groups is 1. The Morgan fingerprint density at radius 1 is 1.16 bits per heavy atom. The quantitative estimate of drug-likeness (QED) is 0.767. The zero-order valence-electron chi connectivity index (χ0n) is 10.4. The van der Waals surface area contributed by atoms with Crippen LogP contribution in [0.4, 0.5) is 5.82 Å². The van der Waals surface area contributed by atoms with Crippen LogP contribution in [0.1, 0.15) is 15.2 Å². The highest BCUT2D eigenvalue weighted by Gasteiger charge is 2.15. The number of pyridine rings is 1. The first-order chi connectivity index (χ1) is 9.25. The molecule has 2 heterocycles. The van der Waals surface area contributed by atoms with Crippen molar-refractivity contribution in [2.45, 2.75) is 6.92 Å². The number of thiophene rings is 1. The molecule has 0 unspecified atom stereocenters. The van der Waals surface area contributed by atoms with Crippen LogP contribution < -0.4 is 5.32 Å². The van der Waals surface area contributed by atoms with Gasteiger partial charge in [0.25, 0.3) is 5.91 Å². The predicted molar refractivity (Wildman–Crippen MR) is 78.8 cm³/mol. The minimum Gasteiger partial charge on any atom is -0.306 e. The van der Waals surface area contributed by atoms with Crippen molar-refractivity contribution in [3.8, 4) is 0 Å². The molecule has 0 aliphatic carbocycles. The highest BCUT2D eigenvalue weighted by molar-refractivity contribution is 7.21. The van der Waals surface area contributed by atoms with Gasteiger partial charge in [0.1, 0.15) is 5.82 Å². The van der Waals surface area contributed by atoms with Gasteiger partial charge in [0.2, 0.25) is 0 Å². The maximum Gasteiger partial charge on any atom is 0.267 e. The Bertz CT molecular complexity index is 734. The van der Waals surface area contributed by atoms with E-state index in [0.717, 1.165) is 20.5 Å². The molecular formula is C15H12N2OS. The molecule has 2 aromatic heterocycles. The number of nitrogens with one attached hydrogen (secondary N) is 1. The van der Waals surface area contributed by atoms with E-state index in [1.807, 2.05) is 43.3 Å². The number of hydrogen-bond acceptors (Lipinski definition) is 3. The number of fused-ring (bicyclic) bond motifs is 1. The minimum absolute atomic E-state index is 0.0996. The van der Waals surface area contributed by atoms with Crippen LogP contribution in [0.25, 0.3) is 10.1 Å². The summed E-state index contributed by atoms with van der Waals surface area (Å²) in [6.07, 6.45) is 1.66. The van der Waals surface area contributed by atoms with Gasteiger partial charge in [-0.1, -0.05) is 24.3 Å². The number of anilines is 1. The van der Waals surface area contributed by atoms with Crippen molar-refractivity contribution >= 4 is 33.1 Å². The molecule has 1 N–H and O–H groups in total. The summed E-state index contributed by atoms with van der Waals surface area (Å²) in [5.41, 5.74) is 1.02. The van der Waals surface area contributed by atoms with Crippen molar-refractivity contribution < 1.29 is 4.79 Å². The summed E-state index contributed by atoms with van der Waals surface area (Å²) in [5, 5.41) is 3.96. The largest absolute Gasteiger partial charge is 0.306 e. The lowest BCUT2D eigenvalue weighted by atomic mass is 10.1. The second-order valence-electron chi connectivity index (χ2n) is 4.22. The number of nitrogens with zero attached hydrogens (tertiary/aromatic N) is 1. The first-order valence-electron chi connectivity index (χ1n) is 5.96. The number of amides is 1. The molecule has 0 aliphatic heterocycles. The van der Waals surface area contributed by atoms with Crippen LogP contribution in [0.15, 0.2) is 48.7 Å². The molecule has 0 saturated carbocycles. The highest BCUT2D eigenvalue weighted by atomic mass is 32.1. The fraction of sp³-hybridized carbons (Fsp3) is 0.0667. The van der Waals surface area contributed by atoms with Gasteiger partial charge in [0.05, 0.1) is 4.88 Å². The Morgan fingerprint density at radius 2 is 1.95 bits per heavy atom. The number of carbonyl (C=O) groups excluding carboxylic acids is 1.